The predicted molar refractivity (Wildman–Crippen MR) is 75.2 cm³/mol. The Morgan fingerprint density at radius 1 is 1.38 bits per heavy atom. The largest absolute Gasteiger partial charge is 0.418 e. The number of halogens is 3. The molecular weight excluding hydrogens is 299 g/mol. The number of thiazole rings is 1. The van der Waals surface area contributed by atoms with Crippen molar-refractivity contribution in [3.8, 4) is 6.07 Å². The summed E-state index contributed by atoms with van der Waals surface area (Å²) in [6.45, 7) is 2.25. The Morgan fingerprint density at radius 2 is 2.14 bits per heavy atom. The Morgan fingerprint density at radius 3 is 2.71 bits per heavy atom. The molecule has 3 nitrogen and oxygen atoms in total. The van der Waals surface area contributed by atoms with Crippen LogP contribution in [0.15, 0.2) is 24.4 Å². The van der Waals surface area contributed by atoms with Crippen LogP contribution in [0.3, 0.4) is 0 Å². The average Bonchev–Trinajstić information content (AvgIpc) is 2.83. The monoisotopic (exact) mass is 311 g/mol. The van der Waals surface area contributed by atoms with Gasteiger partial charge in [0.15, 0.2) is 0 Å². The summed E-state index contributed by atoms with van der Waals surface area (Å²) in [7, 11) is 0. The van der Waals surface area contributed by atoms with E-state index in [0.717, 1.165) is 22.0 Å². The summed E-state index contributed by atoms with van der Waals surface area (Å²) in [4.78, 5) is 5.22. The van der Waals surface area contributed by atoms with Crippen LogP contribution in [0.25, 0.3) is 0 Å². The lowest BCUT2D eigenvalue weighted by molar-refractivity contribution is -0.136. The summed E-state index contributed by atoms with van der Waals surface area (Å²) in [5, 5.41) is 12.4. The second-order valence-electron chi connectivity index (χ2n) is 4.41. The van der Waals surface area contributed by atoms with E-state index < -0.39 is 11.7 Å². The van der Waals surface area contributed by atoms with Crippen LogP contribution in [0, 0.1) is 18.3 Å². The lowest BCUT2D eigenvalue weighted by Gasteiger charge is -2.14. The Labute approximate surface area is 124 Å². The lowest BCUT2D eigenvalue weighted by atomic mass is 10.1. The molecule has 21 heavy (non-hydrogen) atoms. The third kappa shape index (κ3) is 3.95. The molecule has 7 heteroatoms. The van der Waals surface area contributed by atoms with Gasteiger partial charge in [-0.15, -0.1) is 11.3 Å². The number of anilines is 1. The molecule has 110 valence electrons. The van der Waals surface area contributed by atoms with E-state index in [0.29, 0.717) is 13.0 Å². The Balaban J connectivity index is 2.12. The number of nitrogens with zero attached hydrogens (tertiary/aromatic N) is 2. The highest BCUT2D eigenvalue weighted by Crippen LogP contribution is 2.35. The van der Waals surface area contributed by atoms with E-state index in [1.807, 2.05) is 13.0 Å². The van der Waals surface area contributed by atoms with Crippen molar-refractivity contribution in [3.63, 3.8) is 0 Å². The normalized spacial score (nSPS) is 11.2. The smallest absolute Gasteiger partial charge is 0.384 e. The standard InChI is InChI=1S/C14H12F3N3S/c1-9-8-20-13(21-9)4-5-19-12-6-10(7-18)2-3-11(12)14(15,16)17/h2-3,6,8,19H,4-5H2,1H3. The molecule has 0 radical (unpaired) electrons. The molecule has 1 N–H and O–H groups in total. The first-order chi connectivity index (χ1) is 9.90. The first-order valence-corrected chi connectivity index (χ1v) is 6.98. The zero-order valence-electron chi connectivity index (χ0n) is 11.2. The minimum absolute atomic E-state index is 0.0742. The SMILES string of the molecule is Cc1cnc(CCNc2cc(C#N)ccc2C(F)(F)F)s1. The minimum Gasteiger partial charge on any atom is -0.384 e. The molecule has 1 aromatic carbocycles. The van der Waals surface area contributed by atoms with Crippen molar-refractivity contribution in [2.45, 2.75) is 19.5 Å². The third-order valence-corrected chi connectivity index (χ3v) is 3.75. The fourth-order valence-corrected chi connectivity index (χ4v) is 2.61. The van der Waals surface area contributed by atoms with Gasteiger partial charge in [-0.05, 0) is 25.1 Å². The number of nitriles is 1. The van der Waals surface area contributed by atoms with Crippen molar-refractivity contribution in [2.75, 3.05) is 11.9 Å². The summed E-state index contributed by atoms with van der Waals surface area (Å²) in [5.41, 5.74) is -0.651. The van der Waals surface area contributed by atoms with Crippen LogP contribution < -0.4 is 5.32 Å². The van der Waals surface area contributed by atoms with E-state index in [-0.39, 0.29) is 11.3 Å². The fourth-order valence-electron chi connectivity index (χ4n) is 1.83. The van der Waals surface area contributed by atoms with Gasteiger partial charge >= 0.3 is 6.18 Å². The fraction of sp³-hybridized carbons (Fsp3) is 0.286. The number of nitrogens with one attached hydrogen (secondary N) is 1. The molecule has 0 fully saturated rings. The van der Waals surface area contributed by atoms with Crippen molar-refractivity contribution < 1.29 is 13.2 Å². The van der Waals surface area contributed by atoms with E-state index in [1.165, 1.54) is 17.4 Å². The van der Waals surface area contributed by atoms with Crippen molar-refractivity contribution in [2.24, 2.45) is 0 Å². The number of rotatable bonds is 4. The third-order valence-electron chi connectivity index (χ3n) is 2.78. The number of aromatic nitrogens is 1. The van der Waals surface area contributed by atoms with Crippen LogP contribution in [0.5, 0.6) is 0 Å². The number of aryl methyl sites for hydroxylation is 1. The molecule has 0 saturated heterocycles. The average molecular weight is 311 g/mol. The minimum atomic E-state index is -4.45. The molecule has 0 saturated carbocycles. The van der Waals surface area contributed by atoms with Gasteiger partial charge in [0.2, 0.25) is 0 Å². The van der Waals surface area contributed by atoms with Crippen LogP contribution in [-0.4, -0.2) is 11.5 Å². The first-order valence-electron chi connectivity index (χ1n) is 6.16. The Hall–Kier alpha value is -2.07. The van der Waals surface area contributed by atoms with Crippen molar-refractivity contribution in [1.29, 1.82) is 5.26 Å². The van der Waals surface area contributed by atoms with Gasteiger partial charge in [-0.25, -0.2) is 4.98 Å². The van der Waals surface area contributed by atoms with Crippen LogP contribution in [-0.2, 0) is 12.6 Å². The highest BCUT2D eigenvalue weighted by Gasteiger charge is 2.33. The van der Waals surface area contributed by atoms with Crippen LogP contribution in [0.2, 0.25) is 0 Å². The summed E-state index contributed by atoms with van der Waals surface area (Å²) < 4.78 is 38.7. The molecule has 0 aliphatic carbocycles. The first kappa shape index (κ1) is 15.3. The molecule has 2 aromatic rings. The molecule has 0 unspecified atom stereocenters. The van der Waals surface area contributed by atoms with E-state index in [2.05, 4.69) is 10.3 Å². The van der Waals surface area contributed by atoms with Gasteiger partial charge < -0.3 is 5.32 Å². The van der Waals surface area contributed by atoms with Gasteiger partial charge in [-0.1, -0.05) is 0 Å². The molecule has 1 heterocycles. The second kappa shape index (κ2) is 6.14. The highest BCUT2D eigenvalue weighted by atomic mass is 32.1. The van der Waals surface area contributed by atoms with Crippen molar-refractivity contribution in [1.82, 2.24) is 4.98 Å². The van der Waals surface area contributed by atoms with E-state index in [4.69, 9.17) is 5.26 Å². The molecule has 2 rings (SSSR count). The summed E-state index contributed by atoms with van der Waals surface area (Å²) in [6.07, 6.45) is -2.18. The molecular formula is C14H12F3N3S. The van der Waals surface area contributed by atoms with Gasteiger partial charge in [-0.3, -0.25) is 0 Å². The van der Waals surface area contributed by atoms with Crippen LogP contribution in [0.4, 0.5) is 18.9 Å². The predicted octanol–water partition coefficient (Wildman–Crippen LogP) is 4.00. The summed E-state index contributed by atoms with van der Waals surface area (Å²) in [6, 6.07) is 5.15. The van der Waals surface area contributed by atoms with Gasteiger partial charge in [0.1, 0.15) is 0 Å². The van der Waals surface area contributed by atoms with Crippen LogP contribution in [0.1, 0.15) is 21.0 Å². The van der Waals surface area contributed by atoms with Gasteiger partial charge in [0, 0.05) is 29.7 Å². The van der Waals surface area contributed by atoms with Crippen molar-refractivity contribution in [3.05, 3.63) is 45.4 Å². The maximum absolute atomic E-state index is 12.9. The Bertz CT molecular complexity index is 671. The number of alkyl halides is 3. The molecule has 0 bridgehead atoms. The topological polar surface area (TPSA) is 48.7 Å². The van der Waals surface area contributed by atoms with E-state index in [1.54, 1.807) is 6.20 Å². The maximum Gasteiger partial charge on any atom is 0.418 e. The molecule has 1 aromatic heterocycles. The maximum atomic E-state index is 12.9. The van der Waals surface area contributed by atoms with Gasteiger partial charge in [0.05, 0.1) is 22.2 Å². The molecule has 0 spiro atoms. The molecule has 0 aliphatic rings. The molecule has 0 amide bonds. The number of hydrogen-bond donors (Lipinski definition) is 1. The van der Waals surface area contributed by atoms with Crippen LogP contribution >= 0.6 is 11.3 Å². The lowest BCUT2D eigenvalue weighted by Crippen LogP contribution is -2.13. The van der Waals surface area contributed by atoms with Crippen molar-refractivity contribution >= 4 is 17.0 Å². The molecule has 0 aliphatic heterocycles. The number of benzene rings is 1. The zero-order chi connectivity index (χ0) is 15.5. The second-order valence-corrected chi connectivity index (χ2v) is 5.73. The van der Waals surface area contributed by atoms with E-state index in [9.17, 15) is 13.2 Å². The summed E-state index contributed by atoms with van der Waals surface area (Å²) >= 11 is 1.51. The Kier molecular flexibility index (Phi) is 4.48. The van der Waals surface area contributed by atoms with E-state index >= 15 is 0 Å². The summed E-state index contributed by atoms with van der Waals surface area (Å²) in [5.74, 6) is 0. The quantitative estimate of drug-likeness (QED) is 0.928. The van der Waals surface area contributed by atoms with Gasteiger partial charge in [0.25, 0.3) is 0 Å². The highest BCUT2D eigenvalue weighted by molar-refractivity contribution is 7.11. The zero-order valence-corrected chi connectivity index (χ0v) is 12.0. The number of hydrogen-bond acceptors (Lipinski definition) is 4. The molecule has 0 atom stereocenters. The van der Waals surface area contributed by atoms with Gasteiger partial charge in [-0.2, -0.15) is 18.4 Å².